The number of methoxy groups -OCH3 is 1. The van der Waals surface area contributed by atoms with Crippen molar-refractivity contribution in [3.05, 3.63) is 72.1 Å². The lowest BCUT2D eigenvalue weighted by molar-refractivity contribution is 0.00702. The fourth-order valence-corrected chi connectivity index (χ4v) is 3.89. The van der Waals surface area contributed by atoms with Gasteiger partial charge >= 0.3 is 0 Å². The van der Waals surface area contributed by atoms with Crippen molar-refractivity contribution in [2.24, 2.45) is 0 Å². The lowest BCUT2D eigenvalue weighted by Gasteiger charge is -2.12. The molecular weight excluding hydrogens is 468 g/mol. The molecule has 0 N–H and O–H groups in total. The van der Waals surface area contributed by atoms with Crippen LogP contribution in [-0.2, 0) is 17.9 Å². The number of halogens is 4. The first-order valence-corrected chi connectivity index (χ1v) is 10.5. The lowest BCUT2D eigenvalue weighted by atomic mass is 10.2. The van der Waals surface area contributed by atoms with Crippen LogP contribution in [0.3, 0.4) is 0 Å². The molecule has 0 aliphatic carbocycles. The van der Waals surface area contributed by atoms with E-state index in [2.05, 4.69) is 19.9 Å². The SMILES string of the molecule is COc1ncnc2ccn(-c3cnc4nc(COCC(F)F)n(Cc5cc(F)cc(F)c5)c4c3)c12. The Balaban J connectivity index is 1.63. The highest BCUT2D eigenvalue weighted by Gasteiger charge is 2.17. The Bertz CT molecular complexity index is 1500. The Hall–Kier alpha value is -4.06. The van der Waals surface area contributed by atoms with Crippen LogP contribution in [0.4, 0.5) is 17.6 Å². The number of aromatic nitrogens is 6. The lowest BCUT2D eigenvalue weighted by Crippen LogP contribution is -2.10. The topological polar surface area (TPSA) is 79.9 Å². The minimum atomic E-state index is -2.64. The minimum absolute atomic E-state index is 0.0164. The van der Waals surface area contributed by atoms with Crippen LogP contribution < -0.4 is 4.74 Å². The fraction of sp³-hybridized carbons (Fsp3) is 0.217. The van der Waals surface area contributed by atoms with Crippen LogP contribution >= 0.6 is 0 Å². The van der Waals surface area contributed by atoms with Crippen molar-refractivity contribution in [3.63, 3.8) is 0 Å². The first-order chi connectivity index (χ1) is 16.9. The third kappa shape index (κ3) is 4.52. The number of rotatable bonds is 8. The second kappa shape index (κ2) is 9.29. The third-order valence-corrected chi connectivity index (χ3v) is 5.32. The fourth-order valence-electron chi connectivity index (χ4n) is 3.89. The van der Waals surface area contributed by atoms with E-state index in [0.29, 0.717) is 39.3 Å². The summed E-state index contributed by atoms with van der Waals surface area (Å²) in [4.78, 5) is 17.2. The summed E-state index contributed by atoms with van der Waals surface area (Å²) in [6.07, 6.45) is 2.11. The van der Waals surface area contributed by atoms with Gasteiger partial charge in [-0.15, -0.1) is 0 Å². The van der Waals surface area contributed by atoms with Gasteiger partial charge in [0.05, 0.1) is 30.0 Å². The summed E-state index contributed by atoms with van der Waals surface area (Å²) < 4.78 is 66.7. The molecular formula is C23H18F4N6O2. The summed E-state index contributed by atoms with van der Waals surface area (Å²) in [6.45, 7) is -0.990. The molecule has 12 heteroatoms. The van der Waals surface area contributed by atoms with E-state index in [1.165, 1.54) is 25.6 Å². The number of benzene rings is 1. The zero-order valence-electron chi connectivity index (χ0n) is 18.3. The molecule has 0 fully saturated rings. The molecule has 0 aliphatic rings. The van der Waals surface area contributed by atoms with Crippen LogP contribution in [0.2, 0.25) is 0 Å². The van der Waals surface area contributed by atoms with Gasteiger partial charge in [0.2, 0.25) is 5.88 Å². The number of hydrogen-bond donors (Lipinski definition) is 0. The van der Waals surface area contributed by atoms with Crippen LogP contribution in [0.1, 0.15) is 11.4 Å². The largest absolute Gasteiger partial charge is 0.479 e. The molecule has 180 valence electrons. The molecule has 1 aromatic carbocycles. The molecule has 35 heavy (non-hydrogen) atoms. The quantitative estimate of drug-likeness (QED) is 0.305. The highest BCUT2D eigenvalue weighted by molar-refractivity contribution is 5.83. The molecule has 4 aromatic heterocycles. The van der Waals surface area contributed by atoms with Gasteiger partial charge in [0.1, 0.15) is 42.5 Å². The minimum Gasteiger partial charge on any atom is -0.479 e. The van der Waals surface area contributed by atoms with E-state index in [1.807, 2.05) is 0 Å². The molecule has 5 aromatic rings. The summed E-state index contributed by atoms with van der Waals surface area (Å²) in [5.41, 5.74) is 3.05. The van der Waals surface area contributed by atoms with Crippen molar-refractivity contribution >= 4 is 22.2 Å². The average Bonchev–Trinajstić information content (AvgIpc) is 3.39. The van der Waals surface area contributed by atoms with Gasteiger partial charge in [-0.1, -0.05) is 0 Å². The summed E-state index contributed by atoms with van der Waals surface area (Å²) in [6, 6.07) is 6.72. The number of alkyl halides is 2. The Morgan fingerprint density at radius 2 is 1.83 bits per heavy atom. The van der Waals surface area contributed by atoms with Crippen molar-refractivity contribution in [3.8, 4) is 11.6 Å². The van der Waals surface area contributed by atoms with Crippen LogP contribution in [0.15, 0.2) is 49.1 Å². The van der Waals surface area contributed by atoms with Gasteiger partial charge in [0.15, 0.2) is 5.65 Å². The molecule has 0 saturated carbocycles. The molecule has 0 amide bonds. The maximum absolute atomic E-state index is 13.8. The second-order valence-electron chi connectivity index (χ2n) is 7.64. The molecule has 0 bridgehead atoms. The van der Waals surface area contributed by atoms with Gasteiger partial charge in [-0.3, -0.25) is 0 Å². The zero-order chi connectivity index (χ0) is 24.5. The Kier molecular flexibility index (Phi) is 6.03. The maximum atomic E-state index is 13.8. The third-order valence-electron chi connectivity index (χ3n) is 5.32. The molecule has 0 saturated heterocycles. The Labute approximate surface area is 195 Å². The van der Waals surface area contributed by atoms with Crippen molar-refractivity contribution in [2.45, 2.75) is 19.6 Å². The second-order valence-corrected chi connectivity index (χ2v) is 7.64. The van der Waals surface area contributed by atoms with E-state index in [4.69, 9.17) is 9.47 Å². The predicted molar refractivity (Wildman–Crippen MR) is 118 cm³/mol. The number of nitrogens with zero attached hydrogens (tertiary/aromatic N) is 6. The van der Waals surface area contributed by atoms with E-state index in [-0.39, 0.29) is 19.0 Å². The monoisotopic (exact) mass is 486 g/mol. The van der Waals surface area contributed by atoms with Crippen LogP contribution in [0, 0.1) is 11.6 Å². The van der Waals surface area contributed by atoms with E-state index in [9.17, 15) is 17.6 Å². The summed E-state index contributed by atoms with van der Waals surface area (Å²) in [7, 11) is 1.50. The average molecular weight is 486 g/mol. The van der Waals surface area contributed by atoms with E-state index in [0.717, 1.165) is 6.07 Å². The number of ether oxygens (including phenoxy) is 2. The number of fused-ring (bicyclic) bond motifs is 2. The van der Waals surface area contributed by atoms with E-state index in [1.54, 1.807) is 33.7 Å². The maximum Gasteiger partial charge on any atom is 0.261 e. The predicted octanol–water partition coefficient (Wildman–Crippen LogP) is 4.28. The molecule has 0 atom stereocenters. The van der Waals surface area contributed by atoms with Crippen molar-refractivity contribution in [1.29, 1.82) is 0 Å². The molecule has 0 unspecified atom stereocenters. The normalized spacial score (nSPS) is 11.7. The van der Waals surface area contributed by atoms with E-state index < -0.39 is 24.7 Å². The van der Waals surface area contributed by atoms with Crippen molar-refractivity contribution in [2.75, 3.05) is 13.7 Å². The molecule has 0 aliphatic heterocycles. The molecule has 0 radical (unpaired) electrons. The van der Waals surface area contributed by atoms with E-state index >= 15 is 0 Å². The highest BCUT2D eigenvalue weighted by atomic mass is 19.3. The summed E-state index contributed by atoms with van der Waals surface area (Å²) >= 11 is 0. The highest BCUT2D eigenvalue weighted by Crippen LogP contribution is 2.27. The molecule has 5 rings (SSSR count). The Morgan fingerprint density at radius 3 is 2.57 bits per heavy atom. The molecule has 0 spiro atoms. The van der Waals surface area contributed by atoms with Gasteiger partial charge < -0.3 is 18.6 Å². The van der Waals surface area contributed by atoms with Gasteiger partial charge in [-0.05, 0) is 29.8 Å². The molecule has 4 heterocycles. The van der Waals surface area contributed by atoms with Gasteiger partial charge in [0, 0.05) is 18.8 Å². The Morgan fingerprint density at radius 1 is 1.03 bits per heavy atom. The first-order valence-electron chi connectivity index (χ1n) is 10.5. The molecule has 8 nitrogen and oxygen atoms in total. The number of pyridine rings is 1. The summed E-state index contributed by atoms with van der Waals surface area (Å²) in [5, 5.41) is 0. The van der Waals surface area contributed by atoms with Crippen LogP contribution in [-0.4, -0.2) is 49.2 Å². The summed E-state index contributed by atoms with van der Waals surface area (Å²) in [5.74, 6) is -0.813. The standard InChI is InChI=1S/C23H18F4N6O2/c1-34-23-21-17(29-12-30-23)2-3-32(21)16-7-18-22(28-8-16)31-20(11-35-10-19(26)27)33(18)9-13-4-14(24)6-15(25)5-13/h2-8,12,19H,9-11H2,1H3. The van der Waals surface area contributed by atoms with Crippen LogP contribution in [0.5, 0.6) is 5.88 Å². The smallest absolute Gasteiger partial charge is 0.261 e. The van der Waals surface area contributed by atoms with Crippen molar-refractivity contribution < 1.29 is 27.0 Å². The zero-order valence-corrected chi connectivity index (χ0v) is 18.3. The van der Waals surface area contributed by atoms with Gasteiger partial charge in [-0.25, -0.2) is 32.5 Å². The van der Waals surface area contributed by atoms with Gasteiger partial charge in [0.25, 0.3) is 6.43 Å². The van der Waals surface area contributed by atoms with Crippen molar-refractivity contribution in [1.82, 2.24) is 29.1 Å². The first kappa shape index (κ1) is 22.7. The number of hydrogen-bond acceptors (Lipinski definition) is 6. The van der Waals surface area contributed by atoms with Gasteiger partial charge in [-0.2, -0.15) is 4.98 Å². The van der Waals surface area contributed by atoms with Crippen LogP contribution in [0.25, 0.3) is 27.9 Å². The number of imidazole rings is 1.